The Kier molecular flexibility index (Phi) is 38.2. The van der Waals surface area contributed by atoms with Crippen molar-refractivity contribution in [3.63, 3.8) is 0 Å². The topological polar surface area (TPSA) is 404 Å². The molecule has 0 aliphatic heterocycles. The van der Waals surface area contributed by atoms with Crippen LogP contribution in [-0.2, 0) is 18.2 Å². The molecule has 7 aliphatic rings. The Morgan fingerprint density at radius 3 is 0.972 bits per heavy atom. The monoisotopic (exact) mass is 1540 g/mol. The van der Waals surface area contributed by atoms with Crippen LogP contribution in [0.15, 0.2) is 105 Å². The van der Waals surface area contributed by atoms with Crippen LogP contribution in [0.3, 0.4) is 0 Å². The second kappa shape index (κ2) is 46.7. The van der Waals surface area contributed by atoms with E-state index in [0.717, 1.165) is 93.3 Å². The first-order chi connectivity index (χ1) is 51.2. The van der Waals surface area contributed by atoms with Crippen LogP contribution in [0.25, 0.3) is 0 Å². The molecule has 13 rings (SSSR count). The number of rotatable bonds is 23. The van der Waals surface area contributed by atoms with E-state index in [1.165, 1.54) is 63.6 Å². The number of aliphatic hydroxyl groups excluding tert-OH is 5. The zero-order valence-corrected chi connectivity index (χ0v) is 64.7. The summed E-state index contributed by atoms with van der Waals surface area (Å²) in [5.74, 6) is 8.41. The summed E-state index contributed by atoms with van der Waals surface area (Å²) in [7, 11) is -5.22. The van der Waals surface area contributed by atoms with E-state index in [4.69, 9.17) is 64.0 Å². The minimum absolute atomic E-state index is 0.00458. The maximum Gasteiger partial charge on any atom is 0.695 e. The lowest BCUT2D eigenvalue weighted by Crippen LogP contribution is -2.18. The average Bonchev–Trinajstić information content (AvgIpc) is 1.74. The summed E-state index contributed by atoms with van der Waals surface area (Å²) in [6, 6.07) is 10.2. The summed E-state index contributed by atoms with van der Waals surface area (Å²) < 4.78 is 65.5. The molecule has 23 atom stereocenters. The highest BCUT2D eigenvalue weighted by molar-refractivity contribution is 7.32. The van der Waals surface area contributed by atoms with Gasteiger partial charge in [0.1, 0.15) is 91.9 Å². The van der Waals surface area contributed by atoms with E-state index in [0.29, 0.717) is 91.0 Å². The molecule has 0 amide bonds. The zero-order chi connectivity index (χ0) is 76.3. The predicted octanol–water partition coefficient (Wildman–Crippen LogP) is 11.9. The van der Waals surface area contributed by atoms with Gasteiger partial charge >= 0.3 is 16.5 Å². The van der Waals surface area contributed by atoms with Gasteiger partial charge in [0.2, 0.25) is 35.3 Å². The molecule has 7 saturated carbocycles. The largest absolute Gasteiger partial charge is 0.695 e. The summed E-state index contributed by atoms with van der Waals surface area (Å²) in [5.41, 5.74) is 0. The zero-order valence-electron chi connectivity index (χ0n) is 62.1. The third-order valence-electron chi connectivity index (χ3n) is 21.1. The Balaban J connectivity index is 0.000000174. The van der Waals surface area contributed by atoms with Gasteiger partial charge in [-0.2, -0.15) is 0 Å². The van der Waals surface area contributed by atoms with Crippen LogP contribution >= 0.6 is 28.1 Å². The van der Waals surface area contributed by atoms with Gasteiger partial charge in [-0.1, -0.05) is 99.1 Å². The first-order valence-electron chi connectivity index (χ1n) is 37.4. The van der Waals surface area contributed by atoms with Gasteiger partial charge in [-0.05, 0) is 112 Å². The second-order valence-electron chi connectivity index (χ2n) is 28.4. The van der Waals surface area contributed by atoms with Gasteiger partial charge in [0.25, 0.3) is 0 Å². The molecule has 106 heavy (non-hydrogen) atoms. The minimum Gasteiger partial charge on any atom is -0.474 e. The number of hydrogen-bond donors (Lipinski definition) is 7. The van der Waals surface area contributed by atoms with Gasteiger partial charge in [0.15, 0.2) is 0 Å². The molecular weight excluding hydrogens is 1430 g/mol. The van der Waals surface area contributed by atoms with Crippen molar-refractivity contribution in [1.29, 1.82) is 0 Å². The van der Waals surface area contributed by atoms with Crippen LogP contribution in [0.2, 0.25) is 5.15 Å². The highest BCUT2D eigenvalue weighted by Crippen LogP contribution is 2.41. The van der Waals surface area contributed by atoms with Crippen LogP contribution in [-0.4, -0.2) is 175 Å². The van der Waals surface area contributed by atoms with Crippen LogP contribution in [0.5, 0.6) is 35.3 Å². The molecule has 6 heterocycles. The Morgan fingerprint density at radius 2 is 0.670 bits per heavy atom. The highest BCUT2D eigenvalue weighted by atomic mass is 35.5. The normalized spacial score (nSPS) is 30.6. The fraction of sp³-hybridized carbons (Fsp3) is 0.676. The molecule has 29 nitrogen and oxygen atoms in total. The van der Waals surface area contributed by atoms with E-state index >= 15 is 0 Å². The van der Waals surface area contributed by atoms with Gasteiger partial charge in [-0.25, -0.2) is 59.8 Å². The van der Waals surface area contributed by atoms with Crippen LogP contribution in [0.1, 0.15) is 177 Å². The molecule has 6 aromatic rings. The molecule has 7 aliphatic carbocycles. The second-order valence-corrected chi connectivity index (χ2v) is 30.1. The van der Waals surface area contributed by atoms with Crippen molar-refractivity contribution in [2.45, 2.75) is 245 Å². The maximum atomic E-state index is 10.7. The average molecular weight is 1540 g/mol. The first kappa shape index (κ1) is 86.6. The van der Waals surface area contributed by atoms with E-state index in [2.05, 4.69) is 108 Å². The lowest BCUT2D eigenvalue weighted by atomic mass is 9.96. The highest BCUT2D eigenvalue weighted by Gasteiger charge is 2.43. The summed E-state index contributed by atoms with van der Waals surface area (Å²) in [6.07, 6.45) is 33.5. The fourth-order valence-corrected chi connectivity index (χ4v) is 16.3. The van der Waals surface area contributed by atoms with Crippen molar-refractivity contribution in [1.82, 2.24) is 59.8 Å². The van der Waals surface area contributed by atoms with Crippen LogP contribution in [0, 0.1) is 59.2 Å². The molecule has 584 valence electrons. The van der Waals surface area contributed by atoms with Crippen molar-refractivity contribution >= 4 is 28.1 Å². The molecule has 0 radical (unpaired) electrons. The number of aromatic nitrogens is 12. The molecule has 2 unspecified atom stereocenters. The predicted molar refractivity (Wildman–Crippen MR) is 393 cm³/mol. The third kappa shape index (κ3) is 30.1. The molecular formula is C74H111ClN12O17P2+2. The van der Waals surface area contributed by atoms with Crippen LogP contribution in [0.4, 0.5) is 0 Å². The molecule has 7 fully saturated rings. The number of ether oxygens (including phenoxy) is 6. The van der Waals surface area contributed by atoms with E-state index in [9.17, 15) is 29.6 Å². The van der Waals surface area contributed by atoms with Gasteiger partial charge in [0, 0.05) is 127 Å². The van der Waals surface area contributed by atoms with E-state index < -0.39 is 28.7 Å². The van der Waals surface area contributed by atoms with Crippen molar-refractivity contribution < 1.29 is 81.9 Å². The van der Waals surface area contributed by atoms with Gasteiger partial charge in [-0.3, -0.25) is 0 Å². The summed E-state index contributed by atoms with van der Waals surface area (Å²) in [5, 5.41) is 47.1. The quantitative estimate of drug-likeness (QED) is 0.0231. The maximum absolute atomic E-state index is 10.7. The van der Waals surface area contributed by atoms with E-state index in [1.807, 2.05) is 13.0 Å². The number of halogens is 1. The van der Waals surface area contributed by atoms with Gasteiger partial charge in [-0.15, -0.1) is 18.8 Å². The van der Waals surface area contributed by atoms with Crippen LogP contribution < -0.4 is 28.4 Å². The van der Waals surface area contributed by atoms with Crippen molar-refractivity contribution in [3.8, 4) is 35.3 Å². The number of nitrogens with zero attached hydrogens (tertiary/aromatic N) is 12. The first-order valence-corrected chi connectivity index (χ1v) is 40.0. The molecule has 32 heteroatoms. The SMILES string of the molecule is CC[C@H]1C[C@@H](O)C[C@@H]1C.CC[C@H]1C[C@@H](Oc2cc(Cl)ncn2)C[C@@H]1C.CC[C@H]1C[C@@H](Oc2ccncn2)C[C@@H]1C.CC[C@H]1C[C@@H](Oc2ccncn2)C[C@@H]1O.CC[C@H]1C[C@@H](Oc2ccncn2)C[C@@H]1O[P+](=O)O.O=[P+](O)O[C@H]1C[C@H](Oc2ccncn2)C[C@@H]1CO.OC[C@H]1C[C@@H](Oc2ccncn2)C[C@@H]1O. The van der Waals surface area contributed by atoms with Gasteiger partial charge in [0.05, 0.1) is 18.3 Å². The smallest absolute Gasteiger partial charge is 0.474 e. The Morgan fingerprint density at radius 1 is 0.368 bits per heavy atom. The minimum atomic E-state index is -2.66. The van der Waals surface area contributed by atoms with Crippen molar-refractivity contribution in [2.24, 2.45) is 59.2 Å². The van der Waals surface area contributed by atoms with E-state index in [1.54, 1.807) is 61.3 Å². The molecule has 0 aromatic carbocycles. The van der Waals surface area contributed by atoms with Crippen molar-refractivity contribution in [2.75, 3.05) is 13.2 Å². The lowest BCUT2D eigenvalue weighted by molar-refractivity contribution is 0.0896. The Hall–Kier alpha value is -6.59. The molecule has 6 aromatic heterocycles. The standard InChI is InChI=1S/C12H17ClN2O.C12H18N2O.C11H15N2O4P.C11H16N2O2.C10H13N2O5P.C10H14N2O3.C8H16O/c1-3-9-5-10(4-8(9)2)16-12-6-11(13)14-7-15-12;1-3-10-7-11(6-9(10)2)15-12-4-5-13-8-14-12;1-2-8-5-9(6-10(8)17-18(14)15)16-11-3-4-12-7-13-11;1-2-8-5-9(6-10(8)14)15-11-3-4-12-7-13-11;13-5-7-3-8(4-9(7)17-18(14)15)16-10-1-2-11-6-12-10;13-5-7-3-8(4-9(7)14)15-10-1-2-11-6-12-10;1-3-7-5-8(9)4-6(7)2/h6-10H,3-5H2,1-2H3;4-5,8-11H,3,6-7H2,1-2H3;3-4,7-10H,2,5-6H2,1H3;3-4,7-10,14H,2,5-6H2,1H3;1-2,6-9,13H,3-5H2;1-2,6-9,13-14H,3-5H2;6-9H,3-5H2,1-2H3/p+2/t8-,9-,10-;9-,10-,11-;2*8-,9+,10-;2*7-,8-,9+;6-,7-,8-/m0000110/s1. The van der Waals surface area contributed by atoms with Gasteiger partial charge < -0.3 is 54.0 Å². The summed E-state index contributed by atoms with van der Waals surface area (Å²) >= 11 is 5.78. The molecule has 0 spiro atoms. The Bertz CT molecular complexity index is 3160. The number of aliphatic hydroxyl groups is 5. The lowest BCUT2D eigenvalue weighted by Gasteiger charge is -2.12. The number of hydrogen-bond acceptors (Lipinski definition) is 27. The van der Waals surface area contributed by atoms with E-state index in [-0.39, 0.29) is 79.8 Å². The molecule has 0 bridgehead atoms. The third-order valence-corrected chi connectivity index (χ3v) is 22.2. The molecule has 7 N–H and O–H groups in total. The summed E-state index contributed by atoms with van der Waals surface area (Å²) in [6.45, 7) is 17.6. The van der Waals surface area contributed by atoms with Crippen molar-refractivity contribution in [3.05, 3.63) is 110 Å². The Labute approximate surface area is 629 Å². The summed E-state index contributed by atoms with van der Waals surface area (Å²) in [4.78, 5) is 64.5. The fourth-order valence-electron chi connectivity index (χ4n) is 15.2. The molecule has 0 saturated heterocycles.